The molecule has 4 rings (SSSR count). The maximum Gasteiger partial charge on any atom is 0.132 e. The van der Waals surface area contributed by atoms with E-state index in [9.17, 15) is 5.11 Å². The van der Waals surface area contributed by atoms with Crippen LogP contribution in [0.4, 0.5) is 11.4 Å². The Morgan fingerprint density at radius 1 is 0.786 bits per heavy atom. The van der Waals surface area contributed by atoms with Gasteiger partial charge in [-0.15, -0.1) is 0 Å². The lowest BCUT2D eigenvalue weighted by molar-refractivity contribution is 0.409. The highest BCUT2D eigenvalue weighted by atomic mass is 16.5. The second-order valence-corrected chi connectivity index (χ2v) is 7.36. The molecule has 3 aromatic rings. The van der Waals surface area contributed by atoms with Crippen molar-refractivity contribution in [2.45, 2.75) is 20.0 Å². The van der Waals surface area contributed by atoms with E-state index in [2.05, 4.69) is 72.2 Å². The number of anilines is 2. The number of hydrogen-bond acceptors (Lipinski definition) is 4. The fourth-order valence-corrected chi connectivity index (χ4v) is 3.84. The van der Waals surface area contributed by atoms with Crippen LogP contribution in [-0.4, -0.2) is 25.3 Å². The molecule has 0 radical (unpaired) electrons. The summed E-state index contributed by atoms with van der Waals surface area (Å²) in [6.07, 6.45) is -0.111. The molecule has 0 spiro atoms. The summed E-state index contributed by atoms with van der Waals surface area (Å²) in [7, 11) is 1.65. The summed E-state index contributed by atoms with van der Waals surface area (Å²) in [5.74, 6) is 1.02. The average Bonchev–Trinajstić information content (AvgIpc) is 3.14. The second kappa shape index (κ2) is 7.47. The molecular formula is C24H26N2O2. The zero-order valence-electron chi connectivity index (χ0n) is 16.6. The van der Waals surface area contributed by atoms with E-state index in [0.29, 0.717) is 0 Å². The third-order valence-corrected chi connectivity index (χ3v) is 5.42. The van der Waals surface area contributed by atoms with E-state index < -0.39 is 0 Å². The highest BCUT2D eigenvalue weighted by Crippen LogP contribution is 2.42. The van der Waals surface area contributed by atoms with Crippen molar-refractivity contribution in [3.63, 3.8) is 0 Å². The molecule has 3 aromatic carbocycles. The molecule has 1 heterocycles. The number of aryl methyl sites for hydroxylation is 2. The molecule has 0 aromatic heterocycles. The maximum absolute atomic E-state index is 10.7. The van der Waals surface area contributed by atoms with Crippen molar-refractivity contribution in [2.24, 2.45) is 0 Å². The first kappa shape index (κ1) is 18.2. The van der Waals surface area contributed by atoms with Gasteiger partial charge in [0.2, 0.25) is 0 Å². The lowest BCUT2D eigenvalue weighted by Gasteiger charge is -2.34. The zero-order valence-corrected chi connectivity index (χ0v) is 16.6. The van der Waals surface area contributed by atoms with Gasteiger partial charge in [-0.2, -0.15) is 0 Å². The molecule has 28 heavy (non-hydrogen) atoms. The Labute approximate surface area is 166 Å². The molecule has 0 saturated carbocycles. The molecule has 0 aliphatic carbocycles. The lowest BCUT2D eigenvalue weighted by atomic mass is 10.1. The normalized spacial score (nSPS) is 14.5. The van der Waals surface area contributed by atoms with Crippen LogP contribution in [-0.2, 0) is 0 Å². The number of phenolic OH excluding ortho intramolecular Hbond substituents is 1. The summed E-state index contributed by atoms with van der Waals surface area (Å²) in [4.78, 5) is 4.68. The summed E-state index contributed by atoms with van der Waals surface area (Å²) in [5.41, 5.74) is 5.61. The van der Waals surface area contributed by atoms with Gasteiger partial charge in [-0.3, -0.25) is 0 Å². The van der Waals surface area contributed by atoms with Gasteiger partial charge in [-0.05, 0) is 56.3 Å². The van der Waals surface area contributed by atoms with Crippen LogP contribution >= 0.6 is 0 Å². The monoisotopic (exact) mass is 374 g/mol. The van der Waals surface area contributed by atoms with Crippen molar-refractivity contribution in [2.75, 3.05) is 30.0 Å². The van der Waals surface area contributed by atoms with Gasteiger partial charge in [-0.25, -0.2) is 0 Å². The van der Waals surface area contributed by atoms with Crippen molar-refractivity contribution in [1.82, 2.24) is 0 Å². The topological polar surface area (TPSA) is 35.9 Å². The molecule has 1 saturated heterocycles. The Kier molecular flexibility index (Phi) is 4.86. The molecule has 0 unspecified atom stereocenters. The molecule has 1 aliphatic heterocycles. The molecule has 0 bridgehead atoms. The SMILES string of the molecule is COc1ccc(O)c(C2N(c3ccc(C)cc3)CCN2c2ccc(C)cc2)c1. The van der Waals surface area contributed by atoms with Crippen molar-refractivity contribution in [3.8, 4) is 11.5 Å². The summed E-state index contributed by atoms with van der Waals surface area (Å²) in [5, 5.41) is 10.7. The Morgan fingerprint density at radius 3 is 1.75 bits per heavy atom. The molecule has 0 atom stereocenters. The van der Waals surface area contributed by atoms with E-state index in [4.69, 9.17) is 4.74 Å². The number of methoxy groups -OCH3 is 1. The number of phenols is 1. The number of nitrogens with zero attached hydrogens (tertiary/aromatic N) is 2. The van der Waals surface area contributed by atoms with Gasteiger partial charge < -0.3 is 19.6 Å². The Bertz CT molecular complexity index is 898. The Morgan fingerprint density at radius 2 is 1.29 bits per heavy atom. The molecule has 1 N–H and O–H groups in total. The number of benzene rings is 3. The van der Waals surface area contributed by atoms with Crippen LogP contribution < -0.4 is 14.5 Å². The lowest BCUT2D eigenvalue weighted by Crippen LogP contribution is -2.31. The molecule has 4 nitrogen and oxygen atoms in total. The van der Waals surface area contributed by atoms with Gasteiger partial charge in [0.05, 0.1) is 7.11 Å². The van der Waals surface area contributed by atoms with E-state index in [1.807, 2.05) is 6.07 Å². The van der Waals surface area contributed by atoms with Crippen LogP contribution in [0.25, 0.3) is 0 Å². The molecule has 4 heteroatoms. The predicted molar refractivity (Wildman–Crippen MR) is 114 cm³/mol. The quantitative estimate of drug-likeness (QED) is 0.694. The number of rotatable bonds is 4. The first-order valence-corrected chi connectivity index (χ1v) is 9.60. The fourth-order valence-electron chi connectivity index (χ4n) is 3.84. The Hall–Kier alpha value is -3.14. The summed E-state index contributed by atoms with van der Waals surface area (Å²) < 4.78 is 5.43. The predicted octanol–water partition coefficient (Wildman–Crippen LogP) is 5.04. The van der Waals surface area contributed by atoms with E-state index >= 15 is 0 Å². The van der Waals surface area contributed by atoms with Gasteiger partial charge in [0.15, 0.2) is 0 Å². The van der Waals surface area contributed by atoms with Gasteiger partial charge >= 0.3 is 0 Å². The van der Waals surface area contributed by atoms with Crippen molar-refractivity contribution in [1.29, 1.82) is 0 Å². The third-order valence-electron chi connectivity index (χ3n) is 5.42. The average molecular weight is 374 g/mol. The standard InChI is InChI=1S/C24H26N2O2/c1-17-4-8-19(9-5-17)25-14-15-26(20-10-6-18(2)7-11-20)24(25)22-16-21(28-3)12-13-23(22)27/h4-13,16,24,27H,14-15H2,1-3H3. The smallest absolute Gasteiger partial charge is 0.132 e. The van der Waals surface area contributed by atoms with E-state index in [1.165, 1.54) is 11.1 Å². The number of ether oxygens (including phenoxy) is 1. The van der Waals surface area contributed by atoms with Gasteiger partial charge in [0.25, 0.3) is 0 Å². The van der Waals surface area contributed by atoms with Gasteiger partial charge in [0.1, 0.15) is 17.7 Å². The van der Waals surface area contributed by atoms with E-state index in [0.717, 1.165) is 35.8 Å². The van der Waals surface area contributed by atoms with Crippen LogP contribution in [0.3, 0.4) is 0 Å². The van der Waals surface area contributed by atoms with Crippen LogP contribution in [0, 0.1) is 13.8 Å². The largest absolute Gasteiger partial charge is 0.508 e. The third kappa shape index (κ3) is 3.38. The summed E-state index contributed by atoms with van der Waals surface area (Å²) in [6.45, 7) is 5.94. The molecule has 0 amide bonds. The maximum atomic E-state index is 10.7. The number of hydrogen-bond donors (Lipinski definition) is 1. The summed E-state index contributed by atoms with van der Waals surface area (Å²) in [6, 6.07) is 22.6. The van der Waals surface area contributed by atoms with Crippen LogP contribution in [0.5, 0.6) is 11.5 Å². The summed E-state index contributed by atoms with van der Waals surface area (Å²) >= 11 is 0. The van der Waals surface area contributed by atoms with E-state index in [-0.39, 0.29) is 11.9 Å². The fraction of sp³-hybridized carbons (Fsp3) is 0.250. The first-order valence-electron chi connectivity index (χ1n) is 9.60. The second-order valence-electron chi connectivity index (χ2n) is 7.36. The van der Waals surface area contributed by atoms with Crippen molar-refractivity contribution in [3.05, 3.63) is 83.4 Å². The molecular weight excluding hydrogens is 348 g/mol. The molecule has 1 fully saturated rings. The minimum Gasteiger partial charge on any atom is -0.508 e. The van der Waals surface area contributed by atoms with Crippen molar-refractivity contribution < 1.29 is 9.84 Å². The van der Waals surface area contributed by atoms with Crippen molar-refractivity contribution >= 4 is 11.4 Å². The molecule has 1 aliphatic rings. The molecule has 144 valence electrons. The van der Waals surface area contributed by atoms with Crippen LogP contribution in [0.2, 0.25) is 0 Å². The van der Waals surface area contributed by atoms with Crippen LogP contribution in [0.1, 0.15) is 22.9 Å². The minimum atomic E-state index is -0.111. The van der Waals surface area contributed by atoms with Crippen LogP contribution in [0.15, 0.2) is 66.7 Å². The Balaban J connectivity index is 1.81. The van der Waals surface area contributed by atoms with Gasteiger partial charge in [0, 0.05) is 30.0 Å². The highest BCUT2D eigenvalue weighted by molar-refractivity contribution is 5.61. The minimum absolute atomic E-state index is 0.111. The first-order chi connectivity index (χ1) is 13.6. The number of aromatic hydroxyl groups is 1. The highest BCUT2D eigenvalue weighted by Gasteiger charge is 2.35. The van der Waals surface area contributed by atoms with E-state index in [1.54, 1.807) is 19.2 Å². The zero-order chi connectivity index (χ0) is 19.7. The van der Waals surface area contributed by atoms with Gasteiger partial charge in [-0.1, -0.05) is 35.4 Å².